The molecule has 2 N–H and O–H groups in total. The van der Waals surface area contributed by atoms with Crippen LogP contribution in [0.3, 0.4) is 0 Å². The zero-order chi connectivity index (χ0) is 18.3. The van der Waals surface area contributed by atoms with Crippen molar-refractivity contribution in [2.24, 2.45) is 5.92 Å². The van der Waals surface area contributed by atoms with E-state index < -0.39 is 36.7 Å². The van der Waals surface area contributed by atoms with Gasteiger partial charge in [-0.25, -0.2) is 13.8 Å². The molecular weight excluding hydrogens is 344 g/mol. The Bertz CT molecular complexity index is 732. The molecule has 26 heavy (non-hydrogen) atoms. The van der Waals surface area contributed by atoms with Crippen molar-refractivity contribution in [3.63, 3.8) is 0 Å². The fourth-order valence-electron chi connectivity index (χ4n) is 3.04. The maximum Gasteiger partial charge on any atom is 0.276 e. The van der Waals surface area contributed by atoms with Gasteiger partial charge in [0.2, 0.25) is 11.8 Å². The highest BCUT2D eigenvalue weighted by molar-refractivity contribution is 6.05. The average Bonchev–Trinajstić information content (AvgIpc) is 3.51. The number of carbonyl (C=O) groups excluding carboxylic acids is 2. The van der Waals surface area contributed by atoms with E-state index in [9.17, 15) is 18.4 Å². The topological polar surface area (TPSA) is 80.3 Å². The summed E-state index contributed by atoms with van der Waals surface area (Å²) in [4.78, 5) is 28.6. The third kappa shape index (κ3) is 4.00. The Morgan fingerprint density at radius 3 is 2.65 bits per heavy atom. The first-order chi connectivity index (χ1) is 12.4. The predicted molar refractivity (Wildman–Crippen MR) is 88.3 cm³/mol. The molecule has 0 aromatic carbocycles. The molecule has 3 aliphatic rings. The van der Waals surface area contributed by atoms with E-state index in [-0.39, 0.29) is 5.69 Å². The third-order valence-corrected chi connectivity index (χ3v) is 4.96. The van der Waals surface area contributed by atoms with Gasteiger partial charge in [-0.1, -0.05) is 6.07 Å². The molecule has 0 bridgehead atoms. The summed E-state index contributed by atoms with van der Waals surface area (Å²) in [5.74, 6) is -2.98. The second-order valence-electron chi connectivity index (χ2n) is 7.43. The van der Waals surface area contributed by atoms with Crippen LogP contribution in [-0.4, -0.2) is 41.9 Å². The first-order valence-electron chi connectivity index (χ1n) is 9.01. The summed E-state index contributed by atoms with van der Waals surface area (Å²) in [5, 5.41) is 4.58. The molecule has 140 valence electrons. The van der Waals surface area contributed by atoms with Crippen LogP contribution in [0.4, 0.5) is 8.78 Å². The third-order valence-electron chi connectivity index (χ3n) is 4.96. The van der Waals surface area contributed by atoms with Crippen molar-refractivity contribution >= 4 is 11.8 Å². The molecule has 2 amide bonds. The summed E-state index contributed by atoms with van der Waals surface area (Å²) in [7, 11) is 0. The smallest absolute Gasteiger partial charge is 0.276 e. The first kappa shape index (κ1) is 17.3. The molecule has 0 unspecified atom stereocenters. The number of nitrogens with one attached hydrogen (secondary N) is 2. The van der Waals surface area contributed by atoms with E-state index in [0.29, 0.717) is 24.3 Å². The molecule has 2 aliphatic carbocycles. The number of rotatable bonds is 6. The number of ether oxygens (including phenoxy) is 1. The van der Waals surface area contributed by atoms with Crippen molar-refractivity contribution in [2.45, 2.75) is 50.0 Å². The van der Waals surface area contributed by atoms with E-state index in [1.165, 1.54) is 0 Å². The number of hydrogen-bond donors (Lipinski definition) is 2. The van der Waals surface area contributed by atoms with E-state index >= 15 is 0 Å². The molecule has 2 heterocycles. The Morgan fingerprint density at radius 2 is 2.04 bits per heavy atom. The van der Waals surface area contributed by atoms with Crippen molar-refractivity contribution in [3.8, 4) is 5.88 Å². The van der Waals surface area contributed by atoms with Gasteiger partial charge in [0.25, 0.3) is 11.8 Å². The summed E-state index contributed by atoms with van der Waals surface area (Å²) < 4.78 is 32.2. The summed E-state index contributed by atoms with van der Waals surface area (Å²) in [5.41, 5.74) is 1.05. The molecule has 0 spiro atoms. The van der Waals surface area contributed by atoms with Crippen LogP contribution in [-0.2, 0) is 4.79 Å². The lowest BCUT2D eigenvalue weighted by Crippen LogP contribution is -2.43. The zero-order valence-electron chi connectivity index (χ0n) is 14.3. The first-order valence-corrected chi connectivity index (χ1v) is 9.01. The molecule has 8 heteroatoms. The van der Waals surface area contributed by atoms with Crippen LogP contribution in [0, 0.1) is 5.92 Å². The van der Waals surface area contributed by atoms with Crippen molar-refractivity contribution in [1.82, 2.24) is 15.6 Å². The van der Waals surface area contributed by atoms with Gasteiger partial charge in [-0.2, -0.15) is 0 Å². The number of aromatic nitrogens is 1. The molecule has 3 fully saturated rings. The fraction of sp³-hybridized carbons (Fsp3) is 0.611. The van der Waals surface area contributed by atoms with E-state index in [1.807, 2.05) is 6.07 Å². The van der Waals surface area contributed by atoms with E-state index in [2.05, 4.69) is 15.6 Å². The maximum absolute atomic E-state index is 13.2. The highest BCUT2D eigenvalue weighted by Crippen LogP contribution is 2.44. The van der Waals surface area contributed by atoms with Gasteiger partial charge in [-0.15, -0.1) is 0 Å². The lowest BCUT2D eigenvalue weighted by Gasteiger charge is -2.13. The van der Waals surface area contributed by atoms with Crippen molar-refractivity contribution in [1.29, 1.82) is 0 Å². The minimum atomic E-state index is -2.93. The standard InChI is InChI=1S/C18H21F2N3O3/c19-18(20)7-14(21-9-18)16(25)23-15(24)13-6-5-12(11-3-4-11)17(22-13)26-8-10-1-2-10/h5-6,10-11,14,21H,1-4,7-9H2,(H,23,24,25)/t14-/m0/s1. The summed E-state index contributed by atoms with van der Waals surface area (Å²) in [6, 6.07) is 2.29. The van der Waals surface area contributed by atoms with Crippen molar-refractivity contribution in [2.75, 3.05) is 13.2 Å². The SMILES string of the molecule is O=C(NC(=O)[C@@H]1CC(F)(F)CN1)c1ccc(C2CC2)c(OCC2CC2)n1. The summed E-state index contributed by atoms with van der Waals surface area (Å²) >= 11 is 0. The highest BCUT2D eigenvalue weighted by atomic mass is 19.3. The molecule has 6 nitrogen and oxygen atoms in total. The molecule has 2 saturated carbocycles. The normalized spacial score (nSPS) is 24.3. The Morgan fingerprint density at radius 1 is 1.27 bits per heavy atom. The predicted octanol–water partition coefficient (Wildman–Crippen LogP) is 2.00. The van der Waals surface area contributed by atoms with Crippen LogP contribution in [0.5, 0.6) is 5.88 Å². The average molecular weight is 365 g/mol. The summed E-state index contributed by atoms with van der Waals surface area (Å²) in [6.45, 7) is 0.0184. The van der Waals surface area contributed by atoms with Crippen LogP contribution in [0.1, 0.15) is 54.1 Å². The minimum absolute atomic E-state index is 0.0540. The highest BCUT2D eigenvalue weighted by Gasteiger charge is 2.42. The van der Waals surface area contributed by atoms with Crippen molar-refractivity contribution in [3.05, 3.63) is 23.4 Å². The largest absolute Gasteiger partial charge is 0.477 e. The van der Waals surface area contributed by atoms with Gasteiger partial charge < -0.3 is 4.74 Å². The number of alkyl halides is 2. The second-order valence-corrected chi connectivity index (χ2v) is 7.43. The molecule has 1 aromatic heterocycles. The molecular formula is C18H21F2N3O3. The lowest BCUT2D eigenvalue weighted by molar-refractivity contribution is -0.122. The Labute approximate surface area is 149 Å². The number of amides is 2. The van der Waals surface area contributed by atoms with Crippen LogP contribution in [0.2, 0.25) is 0 Å². The number of halogens is 2. The monoisotopic (exact) mass is 365 g/mol. The van der Waals surface area contributed by atoms with Gasteiger partial charge in [0, 0.05) is 12.0 Å². The summed E-state index contributed by atoms with van der Waals surface area (Å²) in [6.07, 6.45) is 3.83. The van der Waals surface area contributed by atoms with E-state index in [4.69, 9.17) is 4.74 Å². The number of hydrogen-bond acceptors (Lipinski definition) is 5. The molecule has 0 radical (unpaired) electrons. The van der Waals surface area contributed by atoms with Gasteiger partial charge in [-0.3, -0.25) is 20.2 Å². The Balaban J connectivity index is 1.43. The molecule has 1 atom stereocenters. The fourth-order valence-corrected chi connectivity index (χ4v) is 3.04. The van der Waals surface area contributed by atoms with Crippen molar-refractivity contribution < 1.29 is 23.1 Å². The minimum Gasteiger partial charge on any atom is -0.477 e. The Kier molecular flexibility index (Phi) is 4.38. The number of nitrogens with zero attached hydrogens (tertiary/aromatic N) is 1. The molecule has 1 saturated heterocycles. The Hall–Kier alpha value is -2.09. The van der Waals surface area contributed by atoms with Crippen LogP contribution < -0.4 is 15.4 Å². The number of carbonyl (C=O) groups is 2. The molecule has 4 rings (SSSR count). The van der Waals surface area contributed by atoms with Crippen LogP contribution in [0.15, 0.2) is 12.1 Å². The van der Waals surface area contributed by atoms with Gasteiger partial charge in [0.1, 0.15) is 5.69 Å². The van der Waals surface area contributed by atoms with Gasteiger partial charge in [0.15, 0.2) is 0 Å². The number of pyridine rings is 1. The van der Waals surface area contributed by atoms with Gasteiger partial charge >= 0.3 is 0 Å². The van der Waals surface area contributed by atoms with Crippen LogP contribution >= 0.6 is 0 Å². The number of imide groups is 1. The van der Waals surface area contributed by atoms with Gasteiger partial charge in [-0.05, 0) is 43.6 Å². The zero-order valence-corrected chi connectivity index (χ0v) is 14.3. The molecule has 1 aromatic rings. The lowest BCUT2D eigenvalue weighted by atomic mass is 10.1. The van der Waals surface area contributed by atoms with Gasteiger partial charge in [0.05, 0.1) is 19.2 Å². The second kappa shape index (κ2) is 6.57. The van der Waals surface area contributed by atoms with E-state index in [0.717, 1.165) is 31.2 Å². The maximum atomic E-state index is 13.2. The quantitative estimate of drug-likeness (QED) is 0.754. The van der Waals surface area contributed by atoms with E-state index in [1.54, 1.807) is 6.07 Å². The van der Waals surface area contributed by atoms with Crippen LogP contribution in [0.25, 0.3) is 0 Å². The molecule has 1 aliphatic heterocycles.